The molecule has 2 heterocycles. The number of benzene rings is 2. The fraction of sp³-hybridized carbons (Fsp3) is 0.292. The normalized spacial score (nSPS) is 12.8. The minimum Gasteiger partial charge on any atom is -0.494 e. The molecule has 4 rings (SSSR count). The molecule has 0 aliphatic heterocycles. The topological polar surface area (TPSA) is 157 Å². The summed E-state index contributed by atoms with van der Waals surface area (Å²) in [5.41, 5.74) is 0.875. The van der Waals surface area contributed by atoms with Crippen molar-refractivity contribution in [3.8, 4) is 28.7 Å². The zero-order chi connectivity index (χ0) is 29.2. The van der Waals surface area contributed by atoms with Crippen molar-refractivity contribution in [3.63, 3.8) is 0 Å². The molecule has 0 saturated heterocycles. The molecular formula is C24H27ClN6O7S2. The van der Waals surface area contributed by atoms with Gasteiger partial charge in [-0.1, -0.05) is 23.7 Å². The number of ether oxygens (including phenoxy) is 3. The third-order valence-corrected chi connectivity index (χ3v) is 8.48. The third-order valence-electron chi connectivity index (χ3n) is 5.86. The number of nitrogens with one attached hydrogen (secondary N) is 1. The number of hydrogen-bond acceptors (Lipinski definition) is 10. The van der Waals surface area contributed by atoms with Crippen LogP contribution in [0.1, 0.15) is 11.7 Å². The Morgan fingerprint density at radius 3 is 2.23 bits per heavy atom. The number of para-hydroxylation sites is 1. The van der Waals surface area contributed by atoms with Crippen LogP contribution in [0.3, 0.4) is 0 Å². The van der Waals surface area contributed by atoms with Crippen molar-refractivity contribution < 1.29 is 31.0 Å². The van der Waals surface area contributed by atoms with Crippen LogP contribution >= 0.6 is 11.6 Å². The average molecular weight is 611 g/mol. The molecule has 0 aliphatic rings. The second-order valence-corrected chi connectivity index (χ2v) is 12.8. The zero-order valence-electron chi connectivity index (χ0n) is 22.2. The van der Waals surface area contributed by atoms with Crippen LogP contribution < -0.4 is 14.2 Å². The quantitative estimate of drug-likeness (QED) is 0.268. The van der Waals surface area contributed by atoms with Crippen LogP contribution in [0, 0.1) is 0 Å². The van der Waals surface area contributed by atoms with Gasteiger partial charge in [0.25, 0.3) is 0 Å². The van der Waals surface area contributed by atoms with Gasteiger partial charge < -0.3 is 14.2 Å². The lowest BCUT2D eigenvalue weighted by Crippen LogP contribution is -2.25. The number of aromatic nitrogens is 5. The van der Waals surface area contributed by atoms with Crippen LogP contribution in [0.25, 0.3) is 17.2 Å². The summed E-state index contributed by atoms with van der Waals surface area (Å²) in [5, 5.41) is 12.9. The number of rotatable bonds is 11. The Labute approximate surface area is 236 Å². The maximum absolute atomic E-state index is 13.5. The predicted octanol–water partition coefficient (Wildman–Crippen LogP) is 2.87. The molecule has 0 unspecified atom stereocenters. The Morgan fingerprint density at radius 2 is 1.68 bits per heavy atom. The lowest BCUT2D eigenvalue weighted by molar-refractivity contribution is 0.119. The van der Waals surface area contributed by atoms with Gasteiger partial charge in [0.15, 0.2) is 15.7 Å². The van der Waals surface area contributed by atoms with Crippen molar-refractivity contribution >= 4 is 37.4 Å². The molecular weight excluding hydrogens is 584 g/mol. The Bertz CT molecular complexity index is 1730. The van der Waals surface area contributed by atoms with Gasteiger partial charge in [0.1, 0.15) is 22.9 Å². The fourth-order valence-corrected chi connectivity index (χ4v) is 6.49. The number of nitrogens with zero attached hydrogens (tertiary/aromatic N) is 5. The number of aryl methyl sites for hydroxylation is 1. The van der Waals surface area contributed by atoms with Crippen LogP contribution in [-0.4, -0.2) is 74.7 Å². The van der Waals surface area contributed by atoms with E-state index in [4.69, 9.17) is 25.8 Å². The SMILES string of the molecule is COc1cccc(OC)c1-n1c(NS(=O)(=O)C[C@H](OC)c2ccc(Cl)cc2S(C)(=O)=O)nnc1-c1ccn(C)n1. The predicted molar refractivity (Wildman–Crippen MR) is 148 cm³/mol. The first-order valence-electron chi connectivity index (χ1n) is 11.6. The van der Waals surface area contributed by atoms with Crippen LogP contribution in [0.2, 0.25) is 5.02 Å². The highest BCUT2D eigenvalue weighted by molar-refractivity contribution is 7.92. The Morgan fingerprint density at radius 1 is 1.00 bits per heavy atom. The number of anilines is 1. The lowest BCUT2D eigenvalue weighted by Gasteiger charge is -2.20. The first-order chi connectivity index (χ1) is 18.9. The lowest BCUT2D eigenvalue weighted by atomic mass is 10.1. The summed E-state index contributed by atoms with van der Waals surface area (Å²) < 4.78 is 73.7. The Kier molecular flexibility index (Phi) is 8.39. The minimum absolute atomic E-state index is 0.138. The molecule has 0 bridgehead atoms. The standard InChI is InChI=1S/C24H27ClN6O7S2/c1-30-12-11-17(28-30)23-26-27-24(31(23)22-18(36-2)7-6-8-19(22)37-3)29-40(34,35)14-20(38-4)16-10-9-15(25)13-21(16)39(5,32)33/h6-13,20H,14H2,1-5H3,(H,27,29)/t20-/m0/s1. The summed E-state index contributed by atoms with van der Waals surface area (Å²) in [6, 6.07) is 10.9. The van der Waals surface area contributed by atoms with Crippen molar-refractivity contribution in [2.45, 2.75) is 11.0 Å². The number of halogens is 1. The second-order valence-electron chi connectivity index (χ2n) is 8.63. The second kappa shape index (κ2) is 11.4. The first kappa shape index (κ1) is 29.3. The van der Waals surface area contributed by atoms with Gasteiger partial charge in [0.2, 0.25) is 16.0 Å². The summed E-state index contributed by atoms with van der Waals surface area (Å²) in [5.74, 6) is 0.0814. The molecule has 40 heavy (non-hydrogen) atoms. The van der Waals surface area contributed by atoms with Crippen molar-refractivity contribution in [2.75, 3.05) is 38.1 Å². The van der Waals surface area contributed by atoms with E-state index in [0.717, 1.165) is 6.26 Å². The molecule has 4 aromatic rings. The van der Waals surface area contributed by atoms with Crippen molar-refractivity contribution in [1.82, 2.24) is 24.5 Å². The van der Waals surface area contributed by atoms with Gasteiger partial charge in [-0.25, -0.2) is 16.8 Å². The molecule has 0 aliphatic carbocycles. The highest BCUT2D eigenvalue weighted by atomic mass is 35.5. The summed E-state index contributed by atoms with van der Waals surface area (Å²) in [6.07, 6.45) is 1.54. The van der Waals surface area contributed by atoms with Gasteiger partial charge in [0.05, 0.1) is 31.0 Å². The van der Waals surface area contributed by atoms with Crippen molar-refractivity contribution in [3.05, 3.63) is 59.2 Å². The van der Waals surface area contributed by atoms with E-state index in [0.29, 0.717) is 22.9 Å². The highest BCUT2D eigenvalue weighted by Gasteiger charge is 2.30. The summed E-state index contributed by atoms with van der Waals surface area (Å²) in [7, 11) is -2.06. The van der Waals surface area contributed by atoms with E-state index in [2.05, 4.69) is 20.0 Å². The fourth-order valence-electron chi connectivity index (χ4n) is 4.07. The van der Waals surface area contributed by atoms with Gasteiger partial charge in [-0.15, -0.1) is 10.2 Å². The van der Waals surface area contributed by atoms with E-state index in [1.54, 1.807) is 42.2 Å². The van der Waals surface area contributed by atoms with E-state index >= 15 is 0 Å². The van der Waals surface area contributed by atoms with Gasteiger partial charge in [0, 0.05) is 37.2 Å². The first-order valence-corrected chi connectivity index (χ1v) is 15.5. The van der Waals surface area contributed by atoms with E-state index in [1.165, 1.54) is 44.1 Å². The molecule has 0 fully saturated rings. The van der Waals surface area contributed by atoms with Crippen LogP contribution in [0.5, 0.6) is 11.5 Å². The monoisotopic (exact) mass is 610 g/mol. The number of methoxy groups -OCH3 is 3. The molecule has 1 N–H and O–H groups in total. The Hall–Kier alpha value is -3.66. The smallest absolute Gasteiger partial charge is 0.243 e. The van der Waals surface area contributed by atoms with Crippen molar-refractivity contribution in [2.24, 2.45) is 7.05 Å². The molecule has 2 aromatic carbocycles. The maximum Gasteiger partial charge on any atom is 0.243 e. The van der Waals surface area contributed by atoms with E-state index < -0.39 is 31.7 Å². The molecule has 16 heteroatoms. The molecule has 0 amide bonds. The molecule has 0 radical (unpaired) electrons. The maximum atomic E-state index is 13.5. The molecule has 13 nitrogen and oxygen atoms in total. The van der Waals surface area contributed by atoms with Crippen LogP contribution in [-0.2, 0) is 31.6 Å². The van der Waals surface area contributed by atoms with Crippen LogP contribution in [0.15, 0.2) is 53.6 Å². The van der Waals surface area contributed by atoms with Gasteiger partial charge in [-0.05, 0) is 30.3 Å². The molecule has 0 spiro atoms. The Balaban J connectivity index is 1.81. The summed E-state index contributed by atoms with van der Waals surface area (Å²) >= 11 is 6.01. The summed E-state index contributed by atoms with van der Waals surface area (Å²) in [6.45, 7) is 0. The number of sulfonamides is 1. The van der Waals surface area contributed by atoms with Crippen LogP contribution in [0.4, 0.5) is 5.95 Å². The zero-order valence-corrected chi connectivity index (χ0v) is 24.6. The van der Waals surface area contributed by atoms with Gasteiger partial charge >= 0.3 is 0 Å². The average Bonchev–Trinajstić information content (AvgIpc) is 3.51. The molecule has 1 atom stereocenters. The highest BCUT2D eigenvalue weighted by Crippen LogP contribution is 2.37. The number of sulfone groups is 1. The molecule has 214 valence electrons. The molecule has 0 saturated carbocycles. The van der Waals surface area contributed by atoms with Gasteiger partial charge in [-0.2, -0.15) is 5.10 Å². The third kappa shape index (κ3) is 6.06. The van der Waals surface area contributed by atoms with E-state index in [-0.39, 0.29) is 27.3 Å². The minimum atomic E-state index is -4.23. The van der Waals surface area contributed by atoms with E-state index in [9.17, 15) is 16.8 Å². The largest absolute Gasteiger partial charge is 0.494 e. The van der Waals surface area contributed by atoms with Crippen molar-refractivity contribution in [1.29, 1.82) is 0 Å². The molecule has 2 aromatic heterocycles. The van der Waals surface area contributed by atoms with E-state index in [1.807, 2.05) is 0 Å². The number of hydrogen-bond donors (Lipinski definition) is 1. The van der Waals surface area contributed by atoms with Gasteiger partial charge in [-0.3, -0.25) is 14.0 Å². The summed E-state index contributed by atoms with van der Waals surface area (Å²) in [4.78, 5) is -0.138.